The topological polar surface area (TPSA) is 56.3 Å². The summed E-state index contributed by atoms with van der Waals surface area (Å²) in [6.07, 6.45) is 2.71. The monoisotopic (exact) mass is 384 g/mol. The lowest BCUT2D eigenvalue weighted by molar-refractivity contribution is -0.144. The van der Waals surface area contributed by atoms with E-state index in [4.69, 9.17) is 0 Å². The van der Waals surface area contributed by atoms with E-state index in [1.165, 1.54) is 11.1 Å². The van der Waals surface area contributed by atoms with Gasteiger partial charge in [0.05, 0.1) is 0 Å². The lowest BCUT2D eigenvalue weighted by Crippen LogP contribution is -2.38. The van der Waals surface area contributed by atoms with Crippen molar-refractivity contribution >= 4 is 32.8 Å². The zero-order valence-corrected chi connectivity index (χ0v) is 14.6. The fraction of sp³-hybridized carbons (Fsp3) is 0.211. The van der Waals surface area contributed by atoms with Crippen molar-refractivity contribution in [1.82, 2.24) is 9.88 Å². The van der Waals surface area contributed by atoms with Crippen LogP contribution in [0, 0.1) is 0 Å². The van der Waals surface area contributed by atoms with Crippen LogP contribution in [-0.2, 0) is 17.8 Å². The third-order valence-electron chi connectivity index (χ3n) is 4.73. The molecule has 2 heterocycles. The zero-order valence-electron chi connectivity index (χ0n) is 13.0. The van der Waals surface area contributed by atoms with Gasteiger partial charge in [0.2, 0.25) is 0 Å². The molecule has 122 valence electrons. The first-order valence-corrected chi connectivity index (χ1v) is 8.73. The highest BCUT2D eigenvalue weighted by Gasteiger charge is 2.31. The summed E-state index contributed by atoms with van der Waals surface area (Å²) >= 11 is 3.46. The Morgan fingerprint density at radius 1 is 1.21 bits per heavy atom. The van der Waals surface area contributed by atoms with Crippen LogP contribution in [-0.4, -0.2) is 27.5 Å². The number of rotatable bonds is 3. The lowest BCUT2D eigenvalue weighted by atomic mass is 9.96. The lowest BCUT2D eigenvalue weighted by Gasteiger charge is -2.33. The molecule has 3 aromatic rings. The number of aliphatic carboxylic acids is 1. The van der Waals surface area contributed by atoms with Crippen LogP contribution >= 0.6 is 15.9 Å². The first-order valence-electron chi connectivity index (χ1n) is 7.93. The largest absolute Gasteiger partial charge is 0.480 e. The minimum atomic E-state index is -0.807. The van der Waals surface area contributed by atoms with Gasteiger partial charge in [0, 0.05) is 40.2 Å². The van der Waals surface area contributed by atoms with Gasteiger partial charge in [-0.1, -0.05) is 46.3 Å². The molecule has 0 bridgehead atoms. The van der Waals surface area contributed by atoms with Gasteiger partial charge in [-0.05, 0) is 29.7 Å². The Bertz CT molecular complexity index is 919. The number of hydrogen-bond acceptors (Lipinski definition) is 2. The van der Waals surface area contributed by atoms with Crippen molar-refractivity contribution in [2.45, 2.75) is 19.0 Å². The van der Waals surface area contributed by atoms with Gasteiger partial charge in [0.25, 0.3) is 0 Å². The van der Waals surface area contributed by atoms with Gasteiger partial charge in [-0.15, -0.1) is 0 Å². The molecular formula is C19H17BrN2O2. The van der Waals surface area contributed by atoms with Crippen molar-refractivity contribution < 1.29 is 9.90 Å². The predicted molar refractivity (Wildman–Crippen MR) is 96.9 cm³/mol. The van der Waals surface area contributed by atoms with E-state index in [1.54, 1.807) is 0 Å². The second-order valence-corrected chi connectivity index (χ2v) is 7.08. The minimum absolute atomic E-state index is 0.645. The molecule has 1 aliphatic heterocycles. The second-order valence-electron chi connectivity index (χ2n) is 6.16. The Kier molecular flexibility index (Phi) is 3.90. The van der Waals surface area contributed by atoms with Gasteiger partial charge in [-0.3, -0.25) is 9.69 Å². The van der Waals surface area contributed by atoms with Crippen molar-refractivity contribution in [3.05, 3.63) is 69.8 Å². The van der Waals surface area contributed by atoms with E-state index in [0.29, 0.717) is 6.54 Å². The molecule has 0 fully saturated rings. The molecule has 0 saturated heterocycles. The van der Waals surface area contributed by atoms with Crippen LogP contribution in [0.4, 0.5) is 0 Å². The summed E-state index contributed by atoms with van der Waals surface area (Å²) in [5.41, 5.74) is 4.31. The van der Waals surface area contributed by atoms with Gasteiger partial charge in [-0.25, -0.2) is 0 Å². The van der Waals surface area contributed by atoms with Gasteiger partial charge in [-0.2, -0.15) is 0 Å². The molecule has 0 aliphatic carbocycles. The summed E-state index contributed by atoms with van der Waals surface area (Å²) < 4.78 is 0.974. The van der Waals surface area contributed by atoms with E-state index < -0.39 is 12.0 Å². The quantitative estimate of drug-likeness (QED) is 0.714. The van der Waals surface area contributed by atoms with Crippen molar-refractivity contribution in [3.63, 3.8) is 0 Å². The number of aromatic nitrogens is 1. The van der Waals surface area contributed by atoms with E-state index in [-0.39, 0.29) is 0 Å². The molecule has 0 saturated carbocycles. The summed E-state index contributed by atoms with van der Waals surface area (Å²) in [6, 6.07) is 13.5. The molecule has 5 heteroatoms. The van der Waals surface area contributed by atoms with Crippen LogP contribution in [0.25, 0.3) is 10.9 Å². The van der Waals surface area contributed by atoms with Crippen molar-refractivity contribution in [1.29, 1.82) is 0 Å². The normalized spacial score (nSPS) is 16.0. The first-order chi connectivity index (χ1) is 11.6. The summed E-state index contributed by atoms with van der Waals surface area (Å²) in [4.78, 5) is 17.3. The third kappa shape index (κ3) is 2.64. The van der Waals surface area contributed by atoms with Crippen LogP contribution in [0.15, 0.2) is 53.1 Å². The van der Waals surface area contributed by atoms with E-state index >= 15 is 0 Å². The van der Waals surface area contributed by atoms with Crippen LogP contribution in [0.2, 0.25) is 0 Å². The number of benzene rings is 2. The molecule has 4 rings (SSSR count). The number of aromatic amines is 1. The number of carboxylic acids is 1. The molecule has 0 amide bonds. The highest BCUT2D eigenvalue weighted by Crippen LogP contribution is 2.33. The third-order valence-corrected chi connectivity index (χ3v) is 5.22. The van der Waals surface area contributed by atoms with Crippen LogP contribution < -0.4 is 0 Å². The number of H-pyrrole nitrogens is 1. The highest BCUT2D eigenvalue weighted by molar-refractivity contribution is 9.10. The Hall–Kier alpha value is -2.11. The summed E-state index contributed by atoms with van der Waals surface area (Å²) in [5.74, 6) is -0.807. The molecule has 0 spiro atoms. The number of hydrogen-bond donors (Lipinski definition) is 2. The first kappa shape index (κ1) is 15.4. The molecule has 4 nitrogen and oxygen atoms in total. The summed E-state index contributed by atoms with van der Waals surface area (Å²) in [6.45, 7) is 1.41. The maximum Gasteiger partial charge on any atom is 0.325 e. The van der Waals surface area contributed by atoms with Crippen molar-refractivity contribution in [2.75, 3.05) is 6.54 Å². The van der Waals surface area contributed by atoms with E-state index in [2.05, 4.69) is 37.9 Å². The fourth-order valence-electron chi connectivity index (χ4n) is 3.57. The molecule has 1 atom stereocenters. The predicted octanol–water partition coefficient (Wildman–Crippen LogP) is 4.11. The molecule has 0 unspecified atom stereocenters. The average Bonchev–Trinajstić information content (AvgIpc) is 2.97. The SMILES string of the molecule is O=C(O)[C@@H](c1c[nH]c2cc(Br)ccc12)N1CCc2ccccc2C1. The summed E-state index contributed by atoms with van der Waals surface area (Å²) in [5, 5.41) is 10.9. The Labute approximate surface area is 148 Å². The Morgan fingerprint density at radius 3 is 2.79 bits per heavy atom. The molecule has 0 radical (unpaired) electrons. The highest BCUT2D eigenvalue weighted by atomic mass is 79.9. The number of carbonyl (C=O) groups is 1. The maximum absolute atomic E-state index is 12.1. The molecule has 2 aromatic carbocycles. The maximum atomic E-state index is 12.1. The average molecular weight is 385 g/mol. The van der Waals surface area contributed by atoms with E-state index in [1.807, 2.05) is 36.5 Å². The molecular weight excluding hydrogens is 368 g/mol. The van der Waals surface area contributed by atoms with Crippen molar-refractivity contribution in [2.24, 2.45) is 0 Å². The number of nitrogens with zero attached hydrogens (tertiary/aromatic N) is 1. The Balaban J connectivity index is 1.74. The minimum Gasteiger partial charge on any atom is -0.480 e. The second kappa shape index (κ2) is 6.07. The molecule has 2 N–H and O–H groups in total. The smallest absolute Gasteiger partial charge is 0.325 e. The molecule has 1 aromatic heterocycles. The van der Waals surface area contributed by atoms with Gasteiger partial charge in [0.1, 0.15) is 6.04 Å². The van der Waals surface area contributed by atoms with E-state index in [0.717, 1.165) is 33.9 Å². The van der Waals surface area contributed by atoms with Gasteiger partial charge in [0.15, 0.2) is 0 Å². The number of carboxylic acid groups (broad SMARTS) is 1. The van der Waals surface area contributed by atoms with Crippen LogP contribution in [0.5, 0.6) is 0 Å². The van der Waals surface area contributed by atoms with Crippen molar-refractivity contribution in [3.8, 4) is 0 Å². The molecule has 1 aliphatic rings. The Morgan fingerprint density at radius 2 is 2.00 bits per heavy atom. The zero-order chi connectivity index (χ0) is 16.7. The summed E-state index contributed by atoms with van der Waals surface area (Å²) in [7, 11) is 0. The number of nitrogens with one attached hydrogen (secondary N) is 1. The van der Waals surface area contributed by atoms with Crippen LogP contribution in [0.1, 0.15) is 22.7 Å². The number of fused-ring (bicyclic) bond motifs is 2. The standard InChI is InChI=1S/C19H17BrN2O2/c20-14-5-6-15-16(10-21-17(15)9-14)18(19(23)24)22-8-7-12-3-1-2-4-13(12)11-22/h1-6,9-10,18,21H,7-8,11H2,(H,23,24)/t18-/m1/s1. The fourth-order valence-corrected chi connectivity index (χ4v) is 3.93. The van der Waals surface area contributed by atoms with E-state index in [9.17, 15) is 9.90 Å². The van der Waals surface area contributed by atoms with Gasteiger partial charge >= 0.3 is 5.97 Å². The van der Waals surface area contributed by atoms with Gasteiger partial charge < -0.3 is 10.1 Å². The molecule has 24 heavy (non-hydrogen) atoms. The number of halogens is 1. The van der Waals surface area contributed by atoms with Crippen LogP contribution in [0.3, 0.4) is 0 Å².